The second-order valence-corrected chi connectivity index (χ2v) is 7.22. The van der Waals surface area contributed by atoms with E-state index in [4.69, 9.17) is 9.84 Å². The summed E-state index contributed by atoms with van der Waals surface area (Å²) >= 11 is 0. The highest BCUT2D eigenvalue weighted by molar-refractivity contribution is 5.89. The summed E-state index contributed by atoms with van der Waals surface area (Å²) in [7, 11) is 1.74. The first kappa shape index (κ1) is 18.9. The molecule has 4 heteroatoms. The normalized spacial score (nSPS) is 30.2. The number of ether oxygens (including phenoxy) is 1. The second kappa shape index (κ2) is 8.61. The Labute approximate surface area is 146 Å². The van der Waals surface area contributed by atoms with E-state index >= 15 is 0 Å². The van der Waals surface area contributed by atoms with Crippen LogP contribution in [0.15, 0.2) is 28.9 Å². The van der Waals surface area contributed by atoms with Crippen LogP contribution >= 0.6 is 0 Å². The van der Waals surface area contributed by atoms with Crippen molar-refractivity contribution in [3.63, 3.8) is 0 Å². The Morgan fingerprint density at radius 1 is 1.54 bits per heavy atom. The average Bonchev–Trinajstić information content (AvgIpc) is 2.99. The Balaban J connectivity index is 2.16. The Hall–Kier alpha value is -1.42. The van der Waals surface area contributed by atoms with Gasteiger partial charge in [-0.15, -0.1) is 0 Å². The molecule has 0 N–H and O–H groups in total. The van der Waals surface area contributed by atoms with Gasteiger partial charge in [0, 0.05) is 19.6 Å². The molecular weight excluding hydrogens is 300 g/mol. The number of allylic oxidation sites excluding steroid dienone is 4. The van der Waals surface area contributed by atoms with Crippen molar-refractivity contribution in [2.75, 3.05) is 20.3 Å². The molecule has 0 aromatic carbocycles. The predicted octanol–water partition coefficient (Wildman–Crippen LogP) is 3.98. The van der Waals surface area contributed by atoms with Crippen LogP contribution in [-0.2, 0) is 9.53 Å². The maximum Gasteiger partial charge on any atom is 0.140 e. The molecule has 24 heavy (non-hydrogen) atoms. The highest BCUT2D eigenvalue weighted by Gasteiger charge is 2.39. The van der Waals surface area contributed by atoms with Crippen LogP contribution in [0.2, 0.25) is 0 Å². The fourth-order valence-corrected chi connectivity index (χ4v) is 3.78. The first-order valence-corrected chi connectivity index (χ1v) is 9.23. The Bertz CT molecular complexity index is 524. The van der Waals surface area contributed by atoms with Crippen LogP contribution in [0.4, 0.5) is 0 Å². The Kier molecular flexibility index (Phi) is 6.79. The Morgan fingerprint density at radius 3 is 3.00 bits per heavy atom. The number of carbonyl (C=O) groups excluding carboxylic acids is 1. The summed E-state index contributed by atoms with van der Waals surface area (Å²) < 4.78 is 5.30. The number of unbranched alkanes of at least 4 members (excludes halogenated alkanes) is 1. The number of Topliss-reactive ketones (excluding diaryl/α,β-unsaturated/α-hetero) is 1. The molecule has 1 heterocycles. The lowest BCUT2D eigenvalue weighted by atomic mass is 9.66. The summed E-state index contributed by atoms with van der Waals surface area (Å²) in [5, 5.41) is 6.89. The van der Waals surface area contributed by atoms with Crippen molar-refractivity contribution in [1.29, 1.82) is 0 Å². The van der Waals surface area contributed by atoms with E-state index in [1.54, 1.807) is 14.0 Å². The van der Waals surface area contributed by atoms with Gasteiger partial charge in [-0.2, -0.15) is 5.10 Å². The highest BCUT2D eigenvalue weighted by Crippen LogP contribution is 2.41. The van der Waals surface area contributed by atoms with E-state index in [9.17, 15) is 4.79 Å². The van der Waals surface area contributed by atoms with Gasteiger partial charge in [-0.3, -0.25) is 9.80 Å². The quantitative estimate of drug-likeness (QED) is 0.631. The monoisotopic (exact) mass is 332 g/mol. The maximum atomic E-state index is 12.3. The van der Waals surface area contributed by atoms with Gasteiger partial charge < -0.3 is 4.74 Å². The first-order chi connectivity index (χ1) is 11.5. The smallest absolute Gasteiger partial charge is 0.140 e. The van der Waals surface area contributed by atoms with Crippen LogP contribution < -0.4 is 0 Å². The van der Waals surface area contributed by atoms with Gasteiger partial charge in [-0.25, -0.2) is 0 Å². The fraction of sp³-hybridized carbons (Fsp3) is 0.700. The molecule has 0 radical (unpaired) electrons. The number of nitrogens with zero attached hydrogens (tertiary/aromatic N) is 2. The zero-order chi connectivity index (χ0) is 17.6. The number of carbonyl (C=O) groups is 1. The molecule has 0 amide bonds. The summed E-state index contributed by atoms with van der Waals surface area (Å²) in [6, 6.07) is 0.374. The van der Waals surface area contributed by atoms with Gasteiger partial charge in [0.15, 0.2) is 0 Å². The molecule has 2 aliphatic rings. The molecule has 0 saturated carbocycles. The average molecular weight is 332 g/mol. The van der Waals surface area contributed by atoms with E-state index in [1.807, 2.05) is 12.3 Å². The maximum absolute atomic E-state index is 12.3. The number of hydrogen-bond donors (Lipinski definition) is 0. The lowest BCUT2D eigenvalue weighted by Gasteiger charge is -2.36. The minimum absolute atomic E-state index is 0.215. The van der Waals surface area contributed by atoms with Crippen molar-refractivity contribution in [2.45, 2.75) is 58.9 Å². The van der Waals surface area contributed by atoms with Crippen molar-refractivity contribution >= 4 is 12.0 Å². The Morgan fingerprint density at radius 2 is 2.33 bits per heavy atom. The fourth-order valence-electron chi connectivity index (χ4n) is 3.78. The van der Waals surface area contributed by atoms with Gasteiger partial charge in [0.05, 0.1) is 24.3 Å². The molecule has 0 aromatic rings. The van der Waals surface area contributed by atoms with Gasteiger partial charge in [-0.05, 0) is 38.7 Å². The zero-order valence-corrected chi connectivity index (χ0v) is 15.6. The van der Waals surface area contributed by atoms with Crippen molar-refractivity contribution < 1.29 is 9.53 Å². The second-order valence-electron chi connectivity index (χ2n) is 7.22. The third kappa shape index (κ3) is 4.15. The lowest BCUT2D eigenvalue weighted by molar-refractivity contribution is -0.125. The summed E-state index contributed by atoms with van der Waals surface area (Å²) in [5.74, 6) is 0.449. The van der Waals surface area contributed by atoms with Crippen LogP contribution in [0.25, 0.3) is 0 Å². The molecule has 0 bridgehead atoms. The van der Waals surface area contributed by atoms with E-state index < -0.39 is 5.41 Å². The van der Waals surface area contributed by atoms with E-state index in [0.717, 1.165) is 45.3 Å². The summed E-state index contributed by atoms with van der Waals surface area (Å²) in [5.41, 5.74) is 0.758. The lowest BCUT2D eigenvalue weighted by Crippen LogP contribution is -2.36. The molecule has 1 aliphatic heterocycles. The van der Waals surface area contributed by atoms with Crippen molar-refractivity contribution in [3.8, 4) is 0 Å². The van der Waals surface area contributed by atoms with E-state index in [0.29, 0.717) is 6.04 Å². The third-order valence-corrected chi connectivity index (χ3v) is 5.52. The van der Waals surface area contributed by atoms with Gasteiger partial charge in [-0.1, -0.05) is 38.0 Å². The minimum atomic E-state index is -0.414. The highest BCUT2D eigenvalue weighted by atomic mass is 16.5. The van der Waals surface area contributed by atoms with E-state index in [2.05, 4.69) is 31.0 Å². The topological polar surface area (TPSA) is 41.9 Å². The number of methoxy groups -OCH3 is 1. The van der Waals surface area contributed by atoms with E-state index in [1.165, 1.54) is 5.57 Å². The van der Waals surface area contributed by atoms with Crippen LogP contribution in [0, 0.1) is 11.3 Å². The van der Waals surface area contributed by atoms with Crippen LogP contribution in [-0.4, -0.2) is 43.3 Å². The molecule has 0 spiro atoms. The van der Waals surface area contributed by atoms with Gasteiger partial charge in [0.25, 0.3) is 0 Å². The summed E-state index contributed by atoms with van der Waals surface area (Å²) in [6.07, 6.45) is 13.8. The number of rotatable bonds is 8. The molecule has 1 saturated heterocycles. The molecule has 3 atom stereocenters. The standard InChI is InChI=1S/C20H32N2O2/c1-5-6-11-19-17(9-7-12-20(19,3)16(2)23)14-21-22-13-8-10-18(22)15-24-4/h7,9,12,14,18-19H,5-6,8,10-11,13,15H2,1-4H3/b21-14+/t18-,19+,20+/m0/s1. The van der Waals surface area contributed by atoms with Gasteiger partial charge in [0.2, 0.25) is 0 Å². The molecule has 134 valence electrons. The third-order valence-electron chi connectivity index (χ3n) is 5.52. The molecule has 0 aromatic heterocycles. The summed E-state index contributed by atoms with van der Waals surface area (Å²) in [6.45, 7) is 7.67. The summed E-state index contributed by atoms with van der Waals surface area (Å²) in [4.78, 5) is 12.3. The van der Waals surface area contributed by atoms with Crippen LogP contribution in [0.5, 0.6) is 0 Å². The largest absolute Gasteiger partial charge is 0.382 e. The SMILES string of the molecule is CCCC[C@@H]1C(/C=N/N2CCC[C@H]2COC)=CC=C[C@]1(C)C(C)=O. The number of hydrogen-bond acceptors (Lipinski definition) is 4. The molecule has 1 fully saturated rings. The zero-order valence-electron chi connectivity index (χ0n) is 15.6. The van der Waals surface area contributed by atoms with Crippen LogP contribution in [0.3, 0.4) is 0 Å². The minimum Gasteiger partial charge on any atom is -0.382 e. The van der Waals surface area contributed by atoms with Gasteiger partial charge in [0.1, 0.15) is 5.78 Å². The molecule has 4 nitrogen and oxygen atoms in total. The van der Waals surface area contributed by atoms with Crippen molar-refractivity contribution in [3.05, 3.63) is 23.8 Å². The predicted molar refractivity (Wildman–Crippen MR) is 99.1 cm³/mol. The molecule has 0 unspecified atom stereocenters. The van der Waals surface area contributed by atoms with E-state index in [-0.39, 0.29) is 11.7 Å². The van der Waals surface area contributed by atoms with Crippen molar-refractivity contribution in [2.24, 2.45) is 16.4 Å². The molecule has 1 aliphatic carbocycles. The van der Waals surface area contributed by atoms with Crippen molar-refractivity contribution in [1.82, 2.24) is 5.01 Å². The first-order valence-electron chi connectivity index (χ1n) is 9.23. The molecular formula is C20H32N2O2. The number of ketones is 1. The number of hydrazone groups is 1. The van der Waals surface area contributed by atoms with Gasteiger partial charge >= 0.3 is 0 Å². The molecule has 2 rings (SSSR count). The van der Waals surface area contributed by atoms with Crippen LogP contribution in [0.1, 0.15) is 52.9 Å².